The number of aromatic amines is 1. The number of hydrogen-bond donors (Lipinski definition) is 2. The number of carbonyl (C=O) groups excluding carboxylic acids is 1. The van der Waals surface area contributed by atoms with E-state index in [-0.39, 0.29) is 23.4 Å². The molecule has 1 amide bonds. The maximum absolute atomic E-state index is 12.2. The van der Waals surface area contributed by atoms with E-state index in [1.165, 1.54) is 0 Å². The average Bonchev–Trinajstić information content (AvgIpc) is 2.95. The van der Waals surface area contributed by atoms with Gasteiger partial charge in [-0.2, -0.15) is 0 Å². The van der Waals surface area contributed by atoms with Gasteiger partial charge in [-0.15, -0.1) is 0 Å². The van der Waals surface area contributed by atoms with Crippen LogP contribution >= 0.6 is 0 Å². The summed E-state index contributed by atoms with van der Waals surface area (Å²) < 4.78 is 0. The van der Waals surface area contributed by atoms with Gasteiger partial charge in [-0.05, 0) is 23.8 Å². The summed E-state index contributed by atoms with van der Waals surface area (Å²) in [5.41, 5.74) is 1.47. The highest BCUT2D eigenvalue weighted by atomic mass is 16.2. The van der Waals surface area contributed by atoms with E-state index in [9.17, 15) is 9.59 Å². The number of amides is 1. The number of benzene rings is 1. The molecule has 132 valence electrons. The minimum atomic E-state index is -0.179. The topological polar surface area (TPSA) is 91.0 Å². The number of nitrogens with one attached hydrogen (secondary N) is 2. The van der Waals surface area contributed by atoms with Crippen molar-refractivity contribution in [3.63, 3.8) is 0 Å². The molecule has 0 saturated carbocycles. The largest absolute Gasteiger partial charge is 0.355 e. The van der Waals surface area contributed by atoms with E-state index in [0.717, 1.165) is 5.56 Å². The predicted octanol–water partition coefficient (Wildman–Crippen LogP) is 1.95. The lowest BCUT2D eigenvalue weighted by molar-refractivity contribution is -0.127. The molecule has 0 bridgehead atoms. The highest BCUT2D eigenvalue weighted by Gasteiger charge is 2.38. The van der Waals surface area contributed by atoms with Gasteiger partial charge in [0.05, 0.1) is 16.9 Å². The van der Waals surface area contributed by atoms with E-state index in [1.54, 1.807) is 29.4 Å². The summed E-state index contributed by atoms with van der Waals surface area (Å²) >= 11 is 0. The van der Waals surface area contributed by atoms with Gasteiger partial charge in [0.25, 0.3) is 5.56 Å². The number of carbonyl (C=O) groups is 1. The molecular weight excluding hydrogens is 330 g/mol. The van der Waals surface area contributed by atoms with E-state index >= 15 is 0 Å². The van der Waals surface area contributed by atoms with Crippen molar-refractivity contribution in [1.29, 1.82) is 0 Å². The van der Waals surface area contributed by atoms with Crippen LogP contribution in [0.2, 0.25) is 0 Å². The fourth-order valence-corrected chi connectivity index (χ4v) is 3.58. The maximum Gasteiger partial charge on any atom is 0.260 e. The van der Waals surface area contributed by atoms with E-state index < -0.39 is 0 Å². The number of H-pyrrole nitrogens is 1. The summed E-state index contributed by atoms with van der Waals surface area (Å²) in [7, 11) is 1.82. The molecule has 1 aromatic carbocycles. The molecule has 3 heterocycles. The molecule has 1 saturated heterocycles. The smallest absolute Gasteiger partial charge is 0.260 e. The Kier molecular flexibility index (Phi) is 4.12. The predicted molar refractivity (Wildman–Crippen MR) is 98.7 cm³/mol. The standard InChI is InChI=1S/C19H19N5O2/c1-24-16(25)9-13(17(24)12-5-4-8-20-10-12)11-21-19-22-15-7-3-2-6-14(15)18(26)23-19/h2-8,10,13,17H,9,11H2,1H3,(H2,21,22,23,26)/t13-,17-/m0/s1. The van der Waals surface area contributed by atoms with Gasteiger partial charge in [0, 0.05) is 38.3 Å². The number of fused-ring (bicyclic) bond motifs is 1. The molecule has 0 unspecified atom stereocenters. The zero-order valence-corrected chi connectivity index (χ0v) is 14.3. The quantitative estimate of drug-likeness (QED) is 0.751. The van der Waals surface area contributed by atoms with Gasteiger partial charge in [-0.25, -0.2) is 4.98 Å². The highest BCUT2D eigenvalue weighted by Crippen LogP contribution is 2.36. The second-order valence-electron chi connectivity index (χ2n) is 6.51. The molecule has 3 aromatic rings. The first-order valence-corrected chi connectivity index (χ1v) is 8.52. The lowest BCUT2D eigenvalue weighted by atomic mass is 9.95. The van der Waals surface area contributed by atoms with Gasteiger partial charge in [0.15, 0.2) is 0 Å². The third-order valence-electron chi connectivity index (χ3n) is 4.86. The van der Waals surface area contributed by atoms with Crippen molar-refractivity contribution >= 4 is 22.8 Å². The molecule has 26 heavy (non-hydrogen) atoms. The molecule has 2 aromatic heterocycles. The average molecular weight is 349 g/mol. The monoisotopic (exact) mass is 349 g/mol. The van der Waals surface area contributed by atoms with Gasteiger partial charge in [-0.1, -0.05) is 18.2 Å². The van der Waals surface area contributed by atoms with Crippen LogP contribution in [-0.2, 0) is 4.79 Å². The first-order valence-electron chi connectivity index (χ1n) is 8.52. The van der Waals surface area contributed by atoms with Crippen LogP contribution in [0.15, 0.2) is 53.6 Å². The molecule has 2 N–H and O–H groups in total. The fraction of sp³-hybridized carbons (Fsp3) is 0.263. The van der Waals surface area contributed by atoms with Crippen molar-refractivity contribution in [3.05, 3.63) is 64.7 Å². The van der Waals surface area contributed by atoms with Gasteiger partial charge in [0.1, 0.15) is 0 Å². The number of likely N-dealkylation sites (tertiary alicyclic amines) is 1. The Bertz CT molecular complexity index is 1000. The molecule has 7 heteroatoms. The minimum absolute atomic E-state index is 0.0455. The lowest BCUT2D eigenvalue weighted by Gasteiger charge is -2.25. The van der Waals surface area contributed by atoms with Crippen LogP contribution in [0.4, 0.5) is 5.95 Å². The number of hydrogen-bond acceptors (Lipinski definition) is 5. The molecule has 2 atom stereocenters. The minimum Gasteiger partial charge on any atom is -0.355 e. The van der Waals surface area contributed by atoms with Crippen LogP contribution in [0.1, 0.15) is 18.0 Å². The Balaban J connectivity index is 1.57. The molecular formula is C19H19N5O2. The van der Waals surface area contributed by atoms with Crippen molar-refractivity contribution in [2.75, 3.05) is 18.9 Å². The third kappa shape index (κ3) is 2.92. The van der Waals surface area contributed by atoms with Crippen molar-refractivity contribution in [2.45, 2.75) is 12.5 Å². The summed E-state index contributed by atoms with van der Waals surface area (Å²) in [4.78, 5) is 37.5. The second-order valence-corrected chi connectivity index (χ2v) is 6.51. The lowest BCUT2D eigenvalue weighted by Crippen LogP contribution is -2.27. The maximum atomic E-state index is 12.2. The Hall–Kier alpha value is -3.22. The first kappa shape index (κ1) is 16.3. The SMILES string of the molecule is CN1C(=O)C[C@@H](CNc2nc3ccccc3c(=O)[nH]2)[C@@H]1c1cccnc1. The molecule has 1 fully saturated rings. The number of nitrogens with zero attached hydrogens (tertiary/aromatic N) is 3. The summed E-state index contributed by atoms with van der Waals surface area (Å²) in [6, 6.07) is 11.0. The number of para-hydroxylation sites is 1. The molecule has 0 spiro atoms. The van der Waals surface area contributed by atoms with Gasteiger partial charge in [0.2, 0.25) is 11.9 Å². The van der Waals surface area contributed by atoms with Crippen molar-refractivity contribution < 1.29 is 4.79 Å². The summed E-state index contributed by atoms with van der Waals surface area (Å²) in [6.07, 6.45) is 3.96. The van der Waals surface area contributed by atoms with Crippen LogP contribution in [0.5, 0.6) is 0 Å². The van der Waals surface area contributed by atoms with Crippen molar-refractivity contribution in [3.8, 4) is 0 Å². The molecule has 0 radical (unpaired) electrons. The van der Waals surface area contributed by atoms with E-state index in [2.05, 4.69) is 20.3 Å². The first-order chi connectivity index (χ1) is 12.6. The zero-order valence-electron chi connectivity index (χ0n) is 14.3. The molecule has 1 aliphatic heterocycles. The van der Waals surface area contributed by atoms with Crippen molar-refractivity contribution in [1.82, 2.24) is 19.9 Å². The third-order valence-corrected chi connectivity index (χ3v) is 4.86. The molecule has 0 aliphatic carbocycles. The van der Waals surface area contributed by atoms with Crippen LogP contribution in [0.25, 0.3) is 10.9 Å². The number of anilines is 1. The Labute approximate surface area is 150 Å². The van der Waals surface area contributed by atoms with Crippen LogP contribution in [0, 0.1) is 5.92 Å². The second kappa shape index (κ2) is 6.59. The Morgan fingerprint density at radius 1 is 1.23 bits per heavy atom. The number of pyridine rings is 1. The highest BCUT2D eigenvalue weighted by molar-refractivity contribution is 5.80. The van der Waals surface area contributed by atoms with Gasteiger partial charge < -0.3 is 10.2 Å². The van der Waals surface area contributed by atoms with E-state index in [4.69, 9.17) is 0 Å². The van der Waals surface area contributed by atoms with E-state index in [0.29, 0.717) is 29.8 Å². The molecule has 1 aliphatic rings. The Morgan fingerprint density at radius 3 is 2.88 bits per heavy atom. The zero-order chi connectivity index (χ0) is 18.1. The number of rotatable bonds is 4. The Morgan fingerprint density at radius 2 is 2.08 bits per heavy atom. The van der Waals surface area contributed by atoms with Crippen molar-refractivity contribution in [2.24, 2.45) is 5.92 Å². The van der Waals surface area contributed by atoms with Crippen LogP contribution in [-0.4, -0.2) is 39.4 Å². The summed E-state index contributed by atoms with van der Waals surface area (Å²) in [6.45, 7) is 0.525. The summed E-state index contributed by atoms with van der Waals surface area (Å²) in [5, 5.41) is 3.75. The van der Waals surface area contributed by atoms with Gasteiger partial charge in [-0.3, -0.25) is 19.6 Å². The fourth-order valence-electron chi connectivity index (χ4n) is 3.58. The van der Waals surface area contributed by atoms with Gasteiger partial charge >= 0.3 is 0 Å². The summed E-state index contributed by atoms with van der Waals surface area (Å²) in [5.74, 6) is 0.583. The van der Waals surface area contributed by atoms with Crippen LogP contribution < -0.4 is 10.9 Å². The van der Waals surface area contributed by atoms with E-state index in [1.807, 2.05) is 31.3 Å². The molecule has 4 rings (SSSR count). The normalized spacial score (nSPS) is 19.9. The number of aromatic nitrogens is 3. The van der Waals surface area contributed by atoms with Crippen LogP contribution in [0.3, 0.4) is 0 Å². The molecule has 7 nitrogen and oxygen atoms in total.